The van der Waals surface area contributed by atoms with Crippen molar-refractivity contribution in [3.63, 3.8) is 0 Å². The topological polar surface area (TPSA) is 51.2 Å². The van der Waals surface area contributed by atoms with E-state index in [2.05, 4.69) is 15.0 Å². The molecule has 0 atom stereocenters. The first-order valence-electron chi connectivity index (χ1n) is 6.59. The smallest absolute Gasteiger partial charge is 0.417 e. The average molecular weight is 377 g/mol. The van der Waals surface area contributed by atoms with E-state index in [9.17, 15) is 18.0 Å². The minimum absolute atomic E-state index is 0.0757. The highest BCUT2D eigenvalue weighted by molar-refractivity contribution is 7.98. The van der Waals surface area contributed by atoms with Crippen LogP contribution in [0.15, 0.2) is 41.6 Å². The zero-order chi connectivity index (χ0) is 17.7. The number of aromatic nitrogens is 1. The van der Waals surface area contributed by atoms with Gasteiger partial charge in [-0.15, -0.1) is 11.8 Å². The van der Waals surface area contributed by atoms with Crippen LogP contribution in [0.4, 0.5) is 23.7 Å². The monoisotopic (exact) mass is 376 g/mol. The van der Waals surface area contributed by atoms with Crippen LogP contribution in [0, 0.1) is 0 Å². The summed E-state index contributed by atoms with van der Waals surface area (Å²) in [5, 5.41) is 2.76. The maximum absolute atomic E-state index is 12.6. The van der Waals surface area contributed by atoms with E-state index in [0.29, 0.717) is 11.4 Å². The van der Waals surface area contributed by atoms with Crippen molar-refractivity contribution in [2.75, 3.05) is 12.4 Å². The molecule has 0 aliphatic carbocycles. The van der Waals surface area contributed by atoms with E-state index in [4.69, 9.17) is 11.6 Å². The molecule has 1 heterocycles. The molecule has 2 aromatic rings. The summed E-state index contributed by atoms with van der Waals surface area (Å²) in [6.45, 7) is 0. The fraction of sp³-hybridized carbons (Fsp3) is 0.200. The first-order valence-corrected chi connectivity index (χ1v) is 7.96. The van der Waals surface area contributed by atoms with Crippen LogP contribution in [0.25, 0.3) is 0 Å². The number of hydrogen-bond donors (Lipinski definition) is 1. The summed E-state index contributed by atoms with van der Waals surface area (Å²) in [5.74, 6) is 0.359. The summed E-state index contributed by atoms with van der Waals surface area (Å²) < 4.78 is 42.3. The van der Waals surface area contributed by atoms with Gasteiger partial charge in [-0.05, 0) is 17.7 Å². The number of thioether (sulfide) groups is 1. The predicted molar refractivity (Wildman–Crippen MR) is 86.3 cm³/mol. The molecule has 1 amide bonds. The molecule has 1 N–H and O–H groups in total. The van der Waals surface area contributed by atoms with E-state index in [-0.39, 0.29) is 10.0 Å². The van der Waals surface area contributed by atoms with Gasteiger partial charge in [0.15, 0.2) is 0 Å². The van der Waals surface area contributed by atoms with Crippen LogP contribution in [0.5, 0.6) is 0 Å². The normalized spacial score (nSPS) is 11.2. The van der Waals surface area contributed by atoms with Gasteiger partial charge in [-0.25, -0.2) is 9.78 Å². The SMILES string of the molecule is COC(=O)Nc1ccccc1CSc1ncc(C(F)(F)F)cc1Cl. The molecule has 9 heteroatoms. The number of hydrogen-bond acceptors (Lipinski definition) is 4. The Morgan fingerprint density at radius 3 is 2.71 bits per heavy atom. The van der Waals surface area contributed by atoms with Crippen molar-refractivity contribution in [3.05, 3.63) is 52.7 Å². The molecule has 1 aromatic carbocycles. The molecule has 0 saturated heterocycles. The number of alkyl halides is 3. The van der Waals surface area contributed by atoms with Crippen molar-refractivity contribution in [1.82, 2.24) is 4.98 Å². The van der Waals surface area contributed by atoms with Crippen molar-refractivity contribution < 1.29 is 22.7 Å². The van der Waals surface area contributed by atoms with Crippen LogP contribution in [0.1, 0.15) is 11.1 Å². The second-order valence-corrected chi connectivity index (χ2v) is 5.94. The maximum Gasteiger partial charge on any atom is 0.417 e. The van der Waals surface area contributed by atoms with Gasteiger partial charge in [0.05, 0.1) is 17.7 Å². The quantitative estimate of drug-likeness (QED) is 0.743. The Morgan fingerprint density at radius 2 is 2.08 bits per heavy atom. The molecule has 128 valence electrons. The number of methoxy groups -OCH3 is 1. The minimum Gasteiger partial charge on any atom is -0.453 e. The lowest BCUT2D eigenvalue weighted by Gasteiger charge is -2.11. The van der Waals surface area contributed by atoms with E-state index < -0.39 is 17.8 Å². The van der Waals surface area contributed by atoms with E-state index in [1.165, 1.54) is 18.9 Å². The molecule has 0 saturated carbocycles. The minimum atomic E-state index is -4.49. The lowest BCUT2D eigenvalue weighted by molar-refractivity contribution is -0.137. The van der Waals surface area contributed by atoms with Gasteiger partial charge in [-0.2, -0.15) is 13.2 Å². The molecule has 0 spiro atoms. The predicted octanol–water partition coefficient (Wildman–Crippen LogP) is 5.22. The van der Waals surface area contributed by atoms with E-state index in [1.807, 2.05) is 0 Å². The first-order chi connectivity index (χ1) is 11.3. The zero-order valence-electron chi connectivity index (χ0n) is 12.4. The molecule has 0 aliphatic rings. The number of anilines is 1. The van der Waals surface area contributed by atoms with Crippen LogP contribution < -0.4 is 5.32 Å². The van der Waals surface area contributed by atoms with Crippen molar-refractivity contribution in [2.45, 2.75) is 17.0 Å². The molecule has 1 aromatic heterocycles. The Bertz CT molecular complexity index is 741. The lowest BCUT2D eigenvalue weighted by atomic mass is 10.2. The Hall–Kier alpha value is -1.93. The molecule has 0 aliphatic heterocycles. The number of pyridine rings is 1. The van der Waals surface area contributed by atoms with Crippen molar-refractivity contribution >= 4 is 35.1 Å². The first kappa shape index (κ1) is 18.4. The molecule has 24 heavy (non-hydrogen) atoms. The van der Waals surface area contributed by atoms with Gasteiger partial charge >= 0.3 is 12.3 Å². The van der Waals surface area contributed by atoms with Crippen molar-refractivity contribution in [1.29, 1.82) is 0 Å². The molecular weight excluding hydrogens is 365 g/mol. The fourth-order valence-electron chi connectivity index (χ4n) is 1.76. The Labute approximate surface area is 145 Å². The number of nitrogens with zero attached hydrogens (tertiary/aromatic N) is 1. The summed E-state index contributed by atoms with van der Waals surface area (Å²) in [5.41, 5.74) is 0.398. The van der Waals surface area contributed by atoms with Crippen LogP contribution in [-0.2, 0) is 16.7 Å². The molecule has 2 rings (SSSR count). The second kappa shape index (κ2) is 7.76. The third-order valence-corrected chi connectivity index (χ3v) is 4.39. The van der Waals surface area contributed by atoms with Gasteiger partial charge < -0.3 is 4.74 Å². The molecule has 0 unspecified atom stereocenters. The number of rotatable bonds is 4. The standard InChI is InChI=1S/C15H12ClF3N2O2S/c1-23-14(22)21-12-5-3-2-4-9(12)8-24-13-11(16)6-10(7-20-13)15(17,18)19/h2-7H,8H2,1H3,(H,21,22). The Kier molecular flexibility index (Phi) is 5.95. The van der Waals surface area contributed by atoms with Gasteiger partial charge in [-0.1, -0.05) is 29.8 Å². The molecule has 4 nitrogen and oxygen atoms in total. The third kappa shape index (κ3) is 4.78. The number of carbonyl (C=O) groups excluding carboxylic acids is 1. The maximum atomic E-state index is 12.6. The van der Waals surface area contributed by atoms with Crippen LogP contribution in [-0.4, -0.2) is 18.2 Å². The van der Waals surface area contributed by atoms with Gasteiger partial charge in [0.1, 0.15) is 5.03 Å². The third-order valence-electron chi connectivity index (χ3n) is 2.94. The number of benzene rings is 1. The molecule has 0 radical (unpaired) electrons. The van der Waals surface area contributed by atoms with E-state index in [1.54, 1.807) is 24.3 Å². The Balaban J connectivity index is 2.13. The van der Waals surface area contributed by atoms with Crippen molar-refractivity contribution in [3.8, 4) is 0 Å². The molecular formula is C15H12ClF3N2O2S. The van der Waals surface area contributed by atoms with Crippen LogP contribution in [0.2, 0.25) is 5.02 Å². The van der Waals surface area contributed by atoms with Gasteiger partial charge in [0, 0.05) is 17.6 Å². The van der Waals surface area contributed by atoms with Crippen molar-refractivity contribution in [2.24, 2.45) is 0 Å². The van der Waals surface area contributed by atoms with E-state index >= 15 is 0 Å². The van der Waals surface area contributed by atoms with E-state index in [0.717, 1.165) is 17.8 Å². The average Bonchev–Trinajstić information content (AvgIpc) is 2.53. The number of nitrogens with one attached hydrogen (secondary N) is 1. The second-order valence-electron chi connectivity index (χ2n) is 4.57. The highest BCUT2D eigenvalue weighted by Crippen LogP contribution is 2.35. The highest BCUT2D eigenvalue weighted by Gasteiger charge is 2.31. The summed E-state index contributed by atoms with van der Waals surface area (Å²) in [7, 11) is 1.25. The number of halogens is 4. The van der Waals surface area contributed by atoms with Gasteiger partial charge in [0.2, 0.25) is 0 Å². The van der Waals surface area contributed by atoms with Crippen LogP contribution >= 0.6 is 23.4 Å². The number of ether oxygens (including phenoxy) is 1. The highest BCUT2D eigenvalue weighted by atomic mass is 35.5. The summed E-state index contributed by atoms with van der Waals surface area (Å²) in [4.78, 5) is 15.1. The van der Waals surface area contributed by atoms with Gasteiger partial charge in [-0.3, -0.25) is 5.32 Å². The number of para-hydroxylation sites is 1. The lowest BCUT2D eigenvalue weighted by Crippen LogP contribution is -2.12. The zero-order valence-corrected chi connectivity index (χ0v) is 13.9. The number of amides is 1. The summed E-state index contributed by atoms with van der Waals surface area (Å²) in [6, 6.07) is 7.82. The van der Waals surface area contributed by atoms with Gasteiger partial charge in [0.25, 0.3) is 0 Å². The molecule has 0 fully saturated rings. The fourth-order valence-corrected chi connectivity index (χ4v) is 2.96. The Morgan fingerprint density at radius 1 is 1.38 bits per heavy atom. The molecule has 0 bridgehead atoms. The largest absolute Gasteiger partial charge is 0.453 e. The van der Waals surface area contributed by atoms with Crippen LogP contribution in [0.3, 0.4) is 0 Å². The summed E-state index contributed by atoms with van der Waals surface area (Å²) >= 11 is 7.04. The summed E-state index contributed by atoms with van der Waals surface area (Å²) in [6.07, 6.45) is -4.36. The number of carbonyl (C=O) groups is 1.